The molecule has 1 unspecified atom stereocenters. The number of aliphatic hydroxyl groups is 1. The summed E-state index contributed by atoms with van der Waals surface area (Å²) in [7, 11) is -3.37. The van der Waals surface area contributed by atoms with E-state index in [1.54, 1.807) is 12.1 Å². The van der Waals surface area contributed by atoms with Crippen LogP contribution in [0.2, 0.25) is 0 Å². The molecule has 1 atom stereocenters. The van der Waals surface area contributed by atoms with E-state index in [9.17, 15) is 13.5 Å². The summed E-state index contributed by atoms with van der Waals surface area (Å²) < 4.78 is 23.6. The minimum Gasteiger partial charge on any atom is -0.387 e. The number of rotatable bonds is 3. The summed E-state index contributed by atoms with van der Waals surface area (Å²) in [5.74, 6) is 0. The third kappa shape index (κ3) is 3.10. The fraction of sp³-hybridized carbons (Fsp3) is 0.455. The van der Waals surface area contributed by atoms with Crippen molar-refractivity contribution >= 4 is 41.7 Å². The van der Waals surface area contributed by atoms with Crippen LogP contribution in [0.3, 0.4) is 0 Å². The van der Waals surface area contributed by atoms with E-state index in [1.807, 2.05) is 6.07 Å². The lowest BCUT2D eigenvalue weighted by Crippen LogP contribution is -2.38. The maximum Gasteiger partial charge on any atom is 0.155 e. The number of benzene rings is 1. The van der Waals surface area contributed by atoms with Gasteiger partial charge in [-0.25, -0.2) is 8.42 Å². The number of aliphatic hydroxyl groups excluding tert-OH is 1. The van der Waals surface area contributed by atoms with Crippen molar-refractivity contribution in [2.24, 2.45) is 0 Å². The van der Waals surface area contributed by atoms with Crippen LogP contribution in [0.25, 0.3) is 0 Å². The first kappa shape index (κ1) is 15.1. The lowest BCUT2D eigenvalue weighted by atomic mass is 9.98. The Morgan fingerprint density at radius 1 is 1.29 bits per heavy atom. The third-order valence-corrected chi connectivity index (χ3v) is 6.22. The fourth-order valence-corrected chi connectivity index (χ4v) is 2.68. The molecule has 0 aliphatic carbocycles. The molecule has 0 saturated heterocycles. The Kier molecular flexibility index (Phi) is 4.45. The van der Waals surface area contributed by atoms with Gasteiger partial charge in [0.2, 0.25) is 0 Å². The topological polar surface area (TPSA) is 54.4 Å². The summed E-state index contributed by atoms with van der Waals surface area (Å²) in [4.78, 5) is 0. The van der Waals surface area contributed by atoms with Crippen LogP contribution >= 0.6 is 31.9 Å². The highest BCUT2D eigenvalue weighted by molar-refractivity contribution is 9.11. The molecule has 0 amide bonds. The monoisotopic (exact) mass is 384 g/mol. The van der Waals surface area contributed by atoms with Gasteiger partial charge in [-0.05, 0) is 37.6 Å². The van der Waals surface area contributed by atoms with Crippen LogP contribution < -0.4 is 0 Å². The summed E-state index contributed by atoms with van der Waals surface area (Å²) in [5.41, 5.74) is 0.551. The number of hydrogen-bond donors (Lipinski definition) is 1. The molecule has 3 nitrogen and oxygen atoms in total. The van der Waals surface area contributed by atoms with Crippen LogP contribution in [0.4, 0.5) is 0 Å². The van der Waals surface area contributed by atoms with Crippen LogP contribution in [0, 0.1) is 0 Å². The van der Waals surface area contributed by atoms with Crippen molar-refractivity contribution in [3.63, 3.8) is 0 Å². The molecule has 0 fully saturated rings. The summed E-state index contributed by atoms with van der Waals surface area (Å²) in [5, 5.41) is 10.3. The molecular weight excluding hydrogens is 372 g/mol. The Balaban J connectivity index is 3.30. The average molecular weight is 386 g/mol. The van der Waals surface area contributed by atoms with Gasteiger partial charge in [-0.15, -0.1) is 0 Å². The van der Waals surface area contributed by atoms with Crippen molar-refractivity contribution in [2.45, 2.75) is 24.7 Å². The van der Waals surface area contributed by atoms with Gasteiger partial charge in [0.25, 0.3) is 0 Å². The molecule has 0 spiro atoms. The third-order valence-electron chi connectivity index (χ3n) is 2.87. The van der Waals surface area contributed by atoms with Crippen molar-refractivity contribution in [1.29, 1.82) is 0 Å². The van der Waals surface area contributed by atoms with Crippen molar-refractivity contribution in [2.75, 3.05) is 6.26 Å². The predicted octanol–water partition coefficient (Wildman–Crippen LogP) is 3.07. The van der Waals surface area contributed by atoms with Crippen LogP contribution in [0.1, 0.15) is 25.5 Å². The lowest BCUT2D eigenvalue weighted by molar-refractivity contribution is 0.138. The first-order valence-corrected chi connectivity index (χ1v) is 8.37. The fourth-order valence-electron chi connectivity index (χ4n) is 1.30. The van der Waals surface area contributed by atoms with Crippen molar-refractivity contribution in [3.05, 3.63) is 32.7 Å². The highest BCUT2D eigenvalue weighted by Gasteiger charge is 2.39. The number of sulfone groups is 1. The summed E-state index contributed by atoms with van der Waals surface area (Å²) in [6, 6.07) is 5.29. The van der Waals surface area contributed by atoms with E-state index in [2.05, 4.69) is 31.9 Å². The molecule has 1 N–H and O–H groups in total. The second-order valence-electron chi connectivity index (χ2n) is 4.44. The minimum atomic E-state index is -3.37. The number of hydrogen-bond acceptors (Lipinski definition) is 3. The Morgan fingerprint density at radius 2 is 1.82 bits per heavy atom. The normalized spacial score (nSPS) is 14.7. The summed E-state index contributed by atoms with van der Waals surface area (Å²) in [6.07, 6.45) is 0.0339. The Labute approximate surface area is 118 Å². The van der Waals surface area contributed by atoms with E-state index in [1.165, 1.54) is 13.8 Å². The average Bonchev–Trinajstić information content (AvgIpc) is 2.19. The molecule has 1 aromatic rings. The van der Waals surface area contributed by atoms with Gasteiger partial charge < -0.3 is 5.11 Å². The Hall–Kier alpha value is 0.0900. The van der Waals surface area contributed by atoms with Crippen LogP contribution in [-0.2, 0) is 9.84 Å². The molecule has 0 bridgehead atoms. The highest BCUT2D eigenvalue weighted by Crippen LogP contribution is 2.36. The zero-order valence-electron chi connectivity index (χ0n) is 9.74. The first-order valence-electron chi connectivity index (χ1n) is 4.90. The second kappa shape index (κ2) is 4.99. The van der Waals surface area contributed by atoms with Gasteiger partial charge in [0.15, 0.2) is 9.84 Å². The van der Waals surface area contributed by atoms with Crippen molar-refractivity contribution in [1.82, 2.24) is 0 Å². The molecular formula is C11H14Br2O3S. The molecule has 1 aromatic carbocycles. The van der Waals surface area contributed by atoms with Crippen molar-refractivity contribution < 1.29 is 13.5 Å². The van der Waals surface area contributed by atoms with E-state index in [0.29, 0.717) is 10.0 Å². The molecule has 0 radical (unpaired) electrons. The van der Waals surface area contributed by atoms with Crippen LogP contribution in [0.15, 0.2) is 27.1 Å². The molecule has 0 aliphatic heterocycles. The van der Waals surface area contributed by atoms with E-state index in [-0.39, 0.29) is 0 Å². The van der Waals surface area contributed by atoms with Crippen LogP contribution in [-0.4, -0.2) is 24.5 Å². The Bertz CT molecular complexity index is 524. The summed E-state index contributed by atoms with van der Waals surface area (Å²) in [6.45, 7) is 3.03. The lowest BCUT2D eigenvalue weighted by Gasteiger charge is -2.29. The van der Waals surface area contributed by atoms with Crippen molar-refractivity contribution in [3.8, 4) is 0 Å². The number of halogens is 2. The standard InChI is InChI=1S/C11H14Br2O3S/c1-11(2,17(3,15)16)10(14)8-6-7(12)4-5-9(8)13/h4-6,10,14H,1-3H3. The van der Waals surface area contributed by atoms with Gasteiger partial charge in [0.05, 0.1) is 10.9 Å². The van der Waals surface area contributed by atoms with Gasteiger partial charge in [-0.1, -0.05) is 31.9 Å². The van der Waals surface area contributed by atoms with Gasteiger partial charge >= 0.3 is 0 Å². The van der Waals surface area contributed by atoms with Gasteiger partial charge in [-0.3, -0.25) is 0 Å². The highest BCUT2D eigenvalue weighted by atomic mass is 79.9. The van der Waals surface area contributed by atoms with Gasteiger partial charge in [-0.2, -0.15) is 0 Å². The maximum absolute atomic E-state index is 11.7. The molecule has 17 heavy (non-hydrogen) atoms. The van der Waals surface area contributed by atoms with E-state index in [4.69, 9.17) is 0 Å². The SMILES string of the molecule is CC(C)(C(O)c1cc(Br)ccc1Br)S(C)(=O)=O. The molecule has 96 valence electrons. The largest absolute Gasteiger partial charge is 0.387 e. The zero-order valence-corrected chi connectivity index (χ0v) is 13.7. The smallest absolute Gasteiger partial charge is 0.155 e. The molecule has 1 rings (SSSR count). The minimum absolute atomic E-state index is 0.551. The quantitative estimate of drug-likeness (QED) is 0.869. The van der Waals surface area contributed by atoms with E-state index < -0.39 is 20.7 Å². The second-order valence-corrected chi connectivity index (χ2v) is 8.81. The summed E-state index contributed by atoms with van der Waals surface area (Å²) >= 11 is 6.61. The molecule has 6 heteroatoms. The van der Waals surface area contributed by atoms with Gasteiger partial charge in [0, 0.05) is 15.2 Å². The molecule has 0 saturated carbocycles. The molecule has 0 aliphatic rings. The van der Waals surface area contributed by atoms with Crippen LogP contribution in [0.5, 0.6) is 0 Å². The van der Waals surface area contributed by atoms with Gasteiger partial charge in [0.1, 0.15) is 0 Å². The maximum atomic E-state index is 11.7. The predicted molar refractivity (Wildman–Crippen MR) is 75.7 cm³/mol. The zero-order chi connectivity index (χ0) is 13.4. The van der Waals surface area contributed by atoms with E-state index in [0.717, 1.165) is 10.7 Å². The first-order chi connectivity index (χ1) is 7.57. The Morgan fingerprint density at radius 3 is 2.29 bits per heavy atom. The molecule has 0 heterocycles. The molecule has 0 aromatic heterocycles. The van der Waals surface area contributed by atoms with E-state index >= 15 is 0 Å².